The Kier molecular flexibility index (Phi) is 7.75. The minimum atomic E-state index is -1.03. The summed E-state index contributed by atoms with van der Waals surface area (Å²) in [6.07, 6.45) is 0. The van der Waals surface area contributed by atoms with E-state index in [0.717, 1.165) is 5.56 Å². The lowest BCUT2D eigenvalue weighted by atomic mass is 10.1. The predicted octanol–water partition coefficient (Wildman–Crippen LogP) is 3.92. The Morgan fingerprint density at radius 1 is 0.812 bits per heavy atom. The number of hydrogen-bond acceptors (Lipinski definition) is 4. The number of likely N-dealkylation sites (N-methyl/N-ethyl adjacent to an activating group) is 1. The van der Waals surface area contributed by atoms with E-state index in [1.165, 1.54) is 4.90 Å². The third-order valence-corrected chi connectivity index (χ3v) is 5.27. The van der Waals surface area contributed by atoms with E-state index in [0.29, 0.717) is 11.1 Å². The number of carbonyl (C=O) groups excluding carboxylic acids is 3. The molecule has 0 aliphatic carbocycles. The zero-order chi connectivity index (χ0) is 22.9. The van der Waals surface area contributed by atoms with E-state index < -0.39 is 24.5 Å². The molecule has 0 heterocycles. The second kappa shape index (κ2) is 10.9. The Morgan fingerprint density at radius 3 is 1.88 bits per heavy atom. The van der Waals surface area contributed by atoms with Crippen LogP contribution in [-0.2, 0) is 14.3 Å². The first-order valence-corrected chi connectivity index (χ1v) is 10.4. The molecule has 6 heteroatoms. The second-order valence-electron chi connectivity index (χ2n) is 7.38. The number of rotatable bonds is 8. The molecule has 0 spiro atoms. The summed E-state index contributed by atoms with van der Waals surface area (Å²) in [5.74, 6) is -1.44. The molecule has 164 valence electrons. The van der Waals surface area contributed by atoms with E-state index >= 15 is 0 Å². The first-order chi connectivity index (χ1) is 15.5. The number of carbonyl (C=O) groups is 3. The van der Waals surface area contributed by atoms with Crippen molar-refractivity contribution in [2.45, 2.75) is 19.0 Å². The van der Waals surface area contributed by atoms with Crippen LogP contribution in [0.15, 0.2) is 91.0 Å². The summed E-state index contributed by atoms with van der Waals surface area (Å²) in [7, 11) is 1.67. The van der Waals surface area contributed by atoms with E-state index in [4.69, 9.17) is 4.74 Å². The van der Waals surface area contributed by atoms with Gasteiger partial charge in [0.2, 0.25) is 0 Å². The lowest BCUT2D eigenvalue weighted by Gasteiger charge is -2.25. The van der Waals surface area contributed by atoms with Gasteiger partial charge in [-0.25, -0.2) is 4.79 Å². The average molecular weight is 431 g/mol. The molecule has 0 aliphatic heterocycles. The maximum Gasteiger partial charge on any atom is 0.333 e. The standard InChI is InChI=1S/C26H26N2O4/c1-19(20-12-6-3-7-13-20)28(2)23(29)18-32-26(31)24(21-14-8-4-9-15-21)27-25(30)22-16-10-5-11-17-22/h3-17,19,24H,18H2,1-2H3,(H,27,30). The van der Waals surface area contributed by atoms with Gasteiger partial charge in [0.05, 0.1) is 6.04 Å². The molecule has 0 aliphatic rings. The Balaban J connectivity index is 1.67. The molecular formula is C26H26N2O4. The molecule has 0 radical (unpaired) electrons. The highest BCUT2D eigenvalue weighted by Gasteiger charge is 2.26. The number of nitrogens with zero attached hydrogens (tertiary/aromatic N) is 1. The van der Waals surface area contributed by atoms with Gasteiger partial charge in [0.15, 0.2) is 12.6 Å². The van der Waals surface area contributed by atoms with Crippen LogP contribution in [-0.4, -0.2) is 36.3 Å². The Morgan fingerprint density at radius 2 is 1.31 bits per heavy atom. The van der Waals surface area contributed by atoms with Crippen LogP contribution < -0.4 is 5.32 Å². The molecule has 3 rings (SSSR count). The Bertz CT molecular complexity index is 1040. The van der Waals surface area contributed by atoms with E-state index in [2.05, 4.69) is 5.32 Å². The van der Waals surface area contributed by atoms with Crippen LogP contribution in [0.25, 0.3) is 0 Å². The van der Waals surface area contributed by atoms with Crippen molar-refractivity contribution >= 4 is 17.8 Å². The maximum atomic E-state index is 12.9. The number of ether oxygens (including phenoxy) is 1. The van der Waals surface area contributed by atoms with Crippen molar-refractivity contribution in [2.75, 3.05) is 13.7 Å². The van der Waals surface area contributed by atoms with Crippen LogP contribution in [0.5, 0.6) is 0 Å². The maximum absolute atomic E-state index is 12.9. The van der Waals surface area contributed by atoms with Gasteiger partial charge < -0.3 is 15.0 Å². The van der Waals surface area contributed by atoms with Gasteiger partial charge in [-0.15, -0.1) is 0 Å². The fourth-order valence-electron chi connectivity index (χ4n) is 3.22. The summed E-state index contributed by atoms with van der Waals surface area (Å²) < 4.78 is 5.32. The zero-order valence-electron chi connectivity index (χ0n) is 18.1. The molecule has 0 saturated carbocycles. The topological polar surface area (TPSA) is 75.7 Å². The molecule has 0 saturated heterocycles. The van der Waals surface area contributed by atoms with Crippen molar-refractivity contribution in [2.24, 2.45) is 0 Å². The molecule has 2 unspecified atom stereocenters. The number of amides is 2. The number of esters is 1. The summed E-state index contributed by atoms with van der Waals surface area (Å²) in [6.45, 7) is 1.49. The number of nitrogens with one attached hydrogen (secondary N) is 1. The first kappa shape index (κ1) is 22.7. The van der Waals surface area contributed by atoms with Gasteiger partial charge in [0.1, 0.15) is 0 Å². The van der Waals surface area contributed by atoms with Gasteiger partial charge in [-0.1, -0.05) is 78.9 Å². The largest absolute Gasteiger partial charge is 0.454 e. The second-order valence-corrected chi connectivity index (χ2v) is 7.38. The molecule has 3 aromatic carbocycles. The van der Waals surface area contributed by atoms with Gasteiger partial charge in [0.25, 0.3) is 11.8 Å². The van der Waals surface area contributed by atoms with Crippen molar-refractivity contribution in [3.05, 3.63) is 108 Å². The van der Waals surface area contributed by atoms with Crippen molar-refractivity contribution in [3.63, 3.8) is 0 Å². The van der Waals surface area contributed by atoms with Crippen LogP contribution in [0.3, 0.4) is 0 Å². The zero-order valence-corrected chi connectivity index (χ0v) is 18.1. The fourth-order valence-corrected chi connectivity index (χ4v) is 3.22. The number of benzene rings is 3. The summed E-state index contributed by atoms with van der Waals surface area (Å²) in [5.41, 5.74) is 1.97. The van der Waals surface area contributed by atoms with Gasteiger partial charge >= 0.3 is 5.97 Å². The van der Waals surface area contributed by atoms with Gasteiger partial charge in [-0.05, 0) is 30.2 Å². The lowest BCUT2D eigenvalue weighted by Crippen LogP contribution is -2.38. The van der Waals surface area contributed by atoms with E-state index in [1.807, 2.05) is 43.3 Å². The van der Waals surface area contributed by atoms with Crippen LogP contribution in [0, 0.1) is 0 Å². The number of hydrogen-bond donors (Lipinski definition) is 1. The van der Waals surface area contributed by atoms with Crippen molar-refractivity contribution in [1.82, 2.24) is 10.2 Å². The minimum Gasteiger partial charge on any atom is -0.454 e. The Labute approximate surface area is 187 Å². The Hall–Kier alpha value is -3.93. The fraction of sp³-hybridized carbons (Fsp3) is 0.192. The molecule has 6 nitrogen and oxygen atoms in total. The highest BCUT2D eigenvalue weighted by Crippen LogP contribution is 2.19. The van der Waals surface area contributed by atoms with E-state index in [9.17, 15) is 14.4 Å². The molecule has 0 fully saturated rings. The highest BCUT2D eigenvalue weighted by atomic mass is 16.5. The molecule has 0 bridgehead atoms. The molecule has 0 aromatic heterocycles. The lowest BCUT2D eigenvalue weighted by molar-refractivity contribution is -0.154. The molecule has 2 amide bonds. The van der Waals surface area contributed by atoms with E-state index in [1.54, 1.807) is 61.6 Å². The summed E-state index contributed by atoms with van der Waals surface area (Å²) >= 11 is 0. The molecule has 1 N–H and O–H groups in total. The first-order valence-electron chi connectivity index (χ1n) is 10.4. The van der Waals surface area contributed by atoms with Crippen LogP contribution >= 0.6 is 0 Å². The van der Waals surface area contributed by atoms with Crippen LogP contribution in [0.2, 0.25) is 0 Å². The predicted molar refractivity (Wildman–Crippen MR) is 122 cm³/mol. The summed E-state index contributed by atoms with van der Waals surface area (Å²) in [5, 5.41) is 2.71. The smallest absolute Gasteiger partial charge is 0.333 e. The van der Waals surface area contributed by atoms with Crippen LogP contribution in [0.1, 0.15) is 40.5 Å². The molecule has 3 aromatic rings. The third kappa shape index (κ3) is 5.82. The monoisotopic (exact) mass is 430 g/mol. The molecule has 32 heavy (non-hydrogen) atoms. The molecular weight excluding hydrogens is 404 g/mol. The molecule has 2 atom stereocenters. The van der Waals surface area contributed by atoms with Crippen molar-refractivity contribution in [1.29, 1.82) is 0 Å². The third-order valence-electron chi connectivity index (χ3n) is 5.27. The summed E-state index contributed by atoms with van der Waals surface area (Å²) in [6, 6.07) is 25.8. The van der Waals surface area contributed by atoms with Crippen molar-refractivity contribution < 1.29 is 19.1 Å². The average Bonchev–Trinajstić information content (AvgIpc) is 2.86. The van der Waals surface area contributed by atoms with Gasteiger partial charge in [-0.2, -0.15) is 0 Å². The van der Waals surface area contributed by atoms with E-state index in [-0.39, 0.29) is 11.9 Å². The van der Waals surface area contributed by atoms with Gasteiger partial charge in [-0.3, -0.25) is 9.59 Å². The van der Waals surface area contributed by atoms with Crippen LogP contribution in [0.4, 0.5) is 0 Å². The summed E-state index contributed by atoms with van der Waals surface area (Å²) in [4.78, 5) is 39.7. The van der Waals surface area contributed by atoms with Gasteiger partial charge in [0, 0.05) is 12.6 Å². The SMILES string of the molecule is CC(c1ccccc1)N(C)C(=O)COC(=O)C(NC(=O)c1ccccc1)c1ccccc1. The van der Waals surface area contributed by atoms with Crippen molar-refractivity contribution in [3.8, 4) is 0 Å². The minimum absolute atomic E-state index is 0.176. The quantitative estimate of drug-likeness (QED) is 0.550. The normalized spacial score (nSPS) is 12.3. The highest BCUT2D eigenvalue weighted by molar-refractivity contribution is 5.97.